The largest absolute Gasteiger partial charge is 0.395 e. The standard InChI is InChI=1S/C12H18N4O3/c17-7-6-15(9-10-2-1-5-13-10)11-3-4-12(14-8-11)16(18)19/h3-4,8,10,13,17H,1-2,5-7,9H2. The lowest BCUT2D eigenvalue weighted by Crippen LogP contribution is -2.39. The molecule has 1 aliphatic rings. The summed E-state index contributed by atoms with van der Waals surface area (Å²) in [6.07, 6.45) is 3.77. The maximum atomic E-state index is 10.6. The Morgan fingerprint density at radius 3 is 2.95 bits per heavy atom. The van der Waals surface area contributed by atoms with Gasteiger partial charge in [-0.05, 0) is 35.4 Å². The van der Waals surface area contributed by atoms with Crippen molar-refractivity contribution in [2.24, 2.45) is 0 Å². The zero-order chi connectivity index (χ0) is 13.7. The maximum absolute atomic E-state index is 10.6. The monoisotopic (exact) mass is 266 g/mol. The van der Waals surface area contributed by atoms with Gasteiger partial charge in [-0.25, -0.2) is 0 Å². The second kappa shape index (κ2) is 6.44. The fourth-order valence-electron chi connectivity index (χ4n) is 2.30. The summed E-state index contributed by atoms with van der Waals surface area (Å²) in [7, 11) is 0. The van der Waals surface area contributed by atoms with Crippen molar-refractivity contribution >= 4 is 11.5 Å². The Kier molecular flexibility index (Phi) is 4.64. The molecule has 0 bridgehead atoms. The molecule has 104 valence electrons. The van der Waals surface area contributed by atoms with E-state index in [1.807, 2.05) is 4.90 Å². The Balaban J connectivity index is 2.06. The Morgan fingerprint density at radius 1 is 1.58 bits per heavy atom. The highest BCUT2D eigenvalue weighted by Gasteiger charge is 2.19. The zero-order valence-electron chi connectivity index (χ0n) is 10.7. The highest BCUT2D eigenvalue weighted by molar-refractivity contribution is 5.46. The van der Waals surface area contributed by atoms with E-state index in [1.54, 1.807) is 6.07 Å². The van der Waals surface area contributed by atoms with E-state index in [9.17, 15) is 10.1 Å². The van der Waals surface area contributed by atoms with E-state index in [4.69, 9.17) is 5.11 Å². The van der Waals surface area contributed by atoms with Gasteiger partial charge in [0.1, 0.15) is 0 Å². The summed E-state index contributed by atoms with van der Waals surface area (Å²) in [4.78, 5) is 15.9. The first-order valence-corrected chi connectivity index (χ1v) is 6.40. The third-order valence-corrected chi connectivity index (χ3v) is 3.26. The molecule has 1 unspecified atom stereocenters. The number of aliphatic hydroxyl groups excluding tert-OH is 1. The summed E-state index contributed by atoms with van der Waals surface area (Å²) in [6, 6.07) is 3.47. The van der Waals surface area contributed by atoms with Crippen LogP contribution in [0.2, 0.25) is 0 Å². The van der Waals surface area contributed by atoms with Crippen molar-refractivity contribution in [1.82, 2.24) is 10.3 Å². The minimum absolute atomic E-state index is 0.0453. The number of aliphatic hydroxyl groups is 1. The first-order chi connectivity index (χ1) is 9.20. The SMILES string of the molecule is O=[N+]([O-])c1ccc(N(CCO)CC2CCCN2)cn1. The molecule has 0 aliphatic carbocycles. The molecule has 2 heterocycles. The lowest BCUT2D eigenvalue weighted by atomic mass is 10.2. The van der Waals surface area contributed by atoms with Crippen LogP contribution >= 0.6 is 0 Å². The molecule has 0 radical (unpaired) electrons. The van der Waals surface area contributed by atoms with Gasteiger partial charge in [0.2, 0.25) is 0 Å². The molecule has 1 aromatic heterocycles. The van der Waals surface area contributed by atoms with Crippen LogP contribution in [0.1, 0.15) is 12.8 Å². The number of hydrogen-bond acceptors (Lipinski definition) is 6. The lowest BCUT2D eigenvalue weighted by molar-refractivity contribution is -0.389. The first-order valence-electron chi connectivity index (χ1n) is 6.40. The molecule has 1 atom stereocenters. The molecule has 1 aromatic rings. The first kappa shape index (κ1) is 13.7. The number of nitro groups is 1. The molecule has 2 N–H and O–H groups in total. The predicted molar refractivity (Wildman–Crippen MR) is 71.2 cm³/mol. The molecule has 2 rings (SSSR count). The quantitative estimate of drug-likeness (QED) is 0.577. The smallest absolute Gasteiger partial charge is 0.363 e. The van der Waals surface area contributed by atoms with Gasteiger partial charge in [-0.3, -0.25) is 0 Å². The van der Waals surface area contributed by atoms with Gasteiger partial charge in [-0.1, -0.05) is 0 Å². The Morgan fingerprint density at radius 2 is 2.42 bits per heavy atom. The van der Waals surface area contributed by atoms with Gasteiger partial charge in [0.15, 0.2) is 6.20 Å². The van der Waals surface area contributed by atoms with Gasteiger partial charge < -0.3 is 25.4 Å². The minimum Gasteiger partial charge on any atom is -0.395 e. The fraction of sp³-hybridized carbons (Fsp3) is 0.583. The van der Waals surface area contributed by atoms with Gasteiger partial charge in [0.25, 0.3) is 0 Å². The summed E-state index contributed by atoms with van der Waals surface area (Å²) in [5.41, 5.74) is 0.799. The molecule has 0 amide bonds. The highest BCUT2D eigenvalue weighted by Crippen LogP contribution is 2.18. The average Bonchev–Trinajstić information content (AvgIpc) is 2.91. The van der Waals surface area contributed by atoms with Crippen molar-refractivity contribution in [1.29, 1.82) is 0 Å². The van der Waals surface area contributed by atoms with Crippen LogP contribution in [0.4, 0.5) is 11.5 Å². The number of aromatic nitrogens is 1. The lowest BCUT2D eigenvalue weighted by Gasteiger charge is -2.26. The van der Waals surface area contributed by atoms with Crippen molar-refractivity contribution in [2.45, 2.75) is 18.9 Å². The fourth-order valence-corrected chi connectivity index (χ4v) is 2.30. The van der Waals surface area contributed by atoms with Gasteiger partial charge in [-0.15, -0.1) is 0 Å². The number of anilines is 1. The molecule has 0 saturated carbocycles. The van der Waals surface area contributed by atoms with Crippen LogP contribution in [0.5, 0.6) is 0 Å². The molecule has 7 heteroatoms. The molecule has 0 aromatic carbocycles. The van der Waals surface area contributed by atoms with E-state index >= 15 is 0 Å². The average molecular weight is 266 g/mol. The molecule has 0 spiro atoms. The molecular formula is C12H18N4O3. The zero-order valence-corrected chi connectivity index (χ0v) is 10.7. The summed E-state index contributed by atoms with van der Waals surface area (Å²) in [5.74, 6) is -0.160. The van der Waals surface area contributed by atoms with Crippen LogP contribution in [0.3, 0.4) is 0 Å². The van der Waals surface area contributed by atoms with E-state index in [1.165, 1.54) is 12.3 Å². The molecule has 7 nitrogen and oxygen atoms in total. The number of pyridine rings is 1. The van der Waals surface area contributed by atoms with Gasteiger partial charge >= 0.3 is 5.82 Å². The third kappa shape index (κ3) is 3.62. The normalized spacial score (nSPS) is 18.5. The third-order valence-electron chi connectivity index (χ3n) is 3.26. The van der Waals surface area contributed by atoms with Crippen LogP contribution in [0.25, 0.3) is 0 Å². The molecule has 1 saturated heterocycles. The van der Waals surface area contributed by atoms with E-state index in [0.29, 0.717) is 12.6 Å². The van der Waals surface area contributed by atoms with E-state index in [0.717, 1.165) is 31.6 Å². The predicted octanol–water partition coefficient (Wildman–Crippen LogP) is 0.540. The van der Waals surface area contributed by atoms with Crippen molar-refractivity contribution in [3.05, 3.63) is 28.4 Å². The Bertz CT molecular complexity index is 417. The van der Waals surface area contributed by atoms with Crippen molar-refractivity contribution in [3.63, 3.8) is 0 Å². The van der Waals surface area contributed by atoms with Crippen LogP contribution in [0.15, 0.2) is 18.3 Å². The Labute approximate surface area is 111 Å². The summed E-state index contributed by atoms with van der Waals surface area (Å²) in [5, 5.41) is 23.1. The van der Waals surface area contributed by atoms with Gasteiger partial charge in [-0.2, -0.15) is 0 Å². The number of nitrogens with zero attached hydrogens (tertiary/aromatic N) is 3. The number of rotatable bonds is 6. The van der Waals surface area contributed by atoms with Crippen LogP contribution in [-0.2, 0) is 0 Å². The van der Waals surface area contributed by atoms with Crippen LogP contribution in [-0.4, -0.2) is 47.3 Å². The van der Waals surface area contributed by atoms with Crippen LogP contribution < -0.4 is 10.2 Å². The molecule has 1 fully saturated rings. The van der Waals surface area contributed by atoms with Gasteiger partial charge in [0.05, 0.1) is 12.3 Å². The second-order valence-corrected chi connectivity index (χ2v) is 4.59. The van der Waals surface area contributed by atoms with E-state index in [2.05, 4.69) is 10.3 Å². The van der Waals surface area contributed by atoms with E-state index in [-0.39, 0.29) is 12.4 Å². The van der Waals surface area contributed by atoms with Crippen molar-refractivity contribution < 1.29 is 10.0 Å². The molecule has 19 heavy (non-hydrogen) atoms. The van der Waals surface area contributed by atoms with Crippen molar-refractivity contribution in [3.8, 4) is 0 Å². The molecule has 1 aliphatic heterocycles. The van der Waals surface area contributed by atoms with Crippen LogP contribution in [0, 0.1) is 10.1 Å². The van der Waals surface area contributed by atoms with E-state index < -0.39 is 4.92 Å². The number of nitrogens with one attached hydrogen (secondary N) is 1. The maximum Gasteiger partial charge on any atom is 0.363 e. The molecular weight excluding hydrogens is 248 g/mol. The second-order valence-electron chi connectivity index (χ2n) is 4.59. The highest BCUT2D eigenvalue weighted by atomic mass is 16.6. The Hall–Kier alpha value is -1.73. The summed E-state index contributed by atoms with van der Waals surface area (Å²) in [6.45, 7) is 2.34. The van der Waals surface area contributed by atoms with Gasteiger partial charge in [0, 0.05) is 25.2 Å². The summed E-state index contributed by atoms with van der Waals surface area (Å²) >= 11 is 0. The summed E-state index contributed by atoms with van der Waals surface area (Å²) < 4.78 is 0. The van der Waals surface area contributed by atoms with Crippen molar-refractivity contribution in [2.75, 3.05) is 31.1 Å². The topological polar surface area (TPSA) is 91.5 Å². The minimum atomic E-state index is -0.515. The number of hydrogen-bond donors (Lipinski definition) is 2.